The number of para-hydroxylation sites is 1. The summed E-state index contributed by atoms with van der Waals surface area (Å²) in [6, 6.07) is 13.8. The molecule has 2 rings (SSSR count). The summed E-state index contributed by atoms with van der Waals surface area (Å²) < 4.78 is 9.92. The maximum atomic E-state index is 12.0. The van der Waals surface area contributed by atoms with Gasteiger partial charge in [-0.15, -0.1) is 11.8 Å². The van der Waals surface area contributed by atoms with Gasteiger partial charge in [0.2, 0.25) is 0 Å². The van der Waals surface area contributed by atoms with Crippen LogP contribution < -0.4 is 5.32 Å². The van der Waals surface area contributed by atoms with Crippen molar-refractivity contribution in [1.82, 2.24) is 0 Å². The van der Waals surface area contributed by atoms with Crippen molar-refractivity contribution >= 4 is 46.9 Å². The van der Waals surface area contributed by atoms with E-state index in [-0.39, 0.29) is 17.9 Å². The summed E-state index contributed by atoms with van der Waals surface area (Å²) >= 11 is 7.28. The van der Waals surface area contributed by atoms with Crippen LogP contribution >= 0.6 is 23.4 Å². The topological polar surface area (TPSA) is 81.7 Å². The molecule has 0 saturated heterocycles. The van der Waals surface area contributed by atoms with Gasteiger partial charge in [0, 0.05) is 10.8 Å². The van der Waals surface area contributed by atoms with Gasteiger partial charge >= 0.3 is 11.9 Å². The number of thioether (sulfide) groups is 1. The predicted octanol–water partition coefficient (Wildman–Crippen LogP) is 3.93. The average Bonchev–Trinajstić information content (AvgIpc) is 2.67. The molecule has 0 unspecified atom stereocenters. The van der Waals surface area contributed by atoms with E-state index >= 15 is 0 Å². The number of amides is 1. The molecule has 0 aliphatic carbocycles. The van der Waals surface area contributed by atoms with E-state index < -0.39 is 24.5 Å². The molecule has 0 heterocycles. The van der Waals surface area contributed by atoms with E-state index in [1.165, 1.54) is 11.8 Å². The first kappa shape index (κ1) is 21.8. The lowest BCUT2D eigenvalue weighted by Gasteiger charge is -2.10. The van der Waals surface area contributed by atoms with Gasteiger partial charge in [0.25, 0.3) is 5.91 Å². The molecule has 1 amide bonds. The summed E-state index contributed by atoms with van der Waals surface area (Å²) in [5.41, 5.74) is 1.54. The number of esters is 2. The summed E-state index contributed by atoms with van der Waals surface area (Å²) in [7, 11) is 0. The molecule has 0 fully saturated rings. The fourth-order valence-corrected chi connectivity index (χ4v) is 3.21. The number of hydrogen-bond acceptors (Lipinski definition) is 6. The van der Waals surface area contributed by atoms with Crippen LogP contribution in [0, 0.1) is 0 Å². The van der Waals surface area contributed by atoms with Crippen molar-refractivity contribution in [1.29, 1.82) is 0 Å². The zero-order valence-corrected chi connectivity index (χ0v) is 16.8. The Kier molecular flexibility index (Phi) is 8.84. The lowest BCUT2D eigenvalue weighted by molar-refractivity contribution is -0.144. The lowest BCUT2D eigenvalue weighted by Crippen LogP contribution is -2.23. The van der Waals surface area contributed by atoms with E-state index in [1.807, 2.05) is 18.2 Å². The fourth-order valence-electron chi connectivity index (χ4n) is 2.23. The van der Waals surface area contributed by atoms with Crippen LogP contribution in [0.25, 0.3) is 0 Å². The first-order valence-electron chi connectivity index (χ1n) is 8.53. The van der Waals surface area contributed by atoms with E-state index in [0.717, 1.165) is 5.56 Å². The Morgan fingerprint density at radius 2 is 1.86 bits per heavy atom. The zero-order chi connectivity index (χ0) is 20.4. The van der Waals surface area contributed by atoms with Gasteiger partial charge in [0.05, 0.1) is 23.6 Å². The van der Waals surface area contributed by atoms with Crippen molar-refractivity contribution in [2.75, 3.05) is 24.3 Å². The molecule has 28 heavy (non-hydrogen) atoms. The van der Waals surface area contributed by atoms with E-state index in [4.69, 9.17) is 21.1 Å². The monoisotopic (exact) mass is 421 g/mol. The van der Waals surface area contributed by atoms with Crippen LogP contribution in [0.1, 0.15) is 22.8 Å². The summed E-state index contributed by atoms with van der Waals surface area (Å²) in [5.74, 6) is -0.854. The van der Waals surface area contributed by atoms with Crippen LogP contribution in [-0.4, -0.2) is 36.8 Å². The third-order valence-electron chi connectivity index (χ3n) is 3.44. The molecule has 8 heteroatoms. The molecule has 2 aromatic carbocycles. The minimum atomic E-state index is -0.537. The molecular formula is C20H20ClNO5S. The van der Waals surface area contributed by atoms with Crippen molar-refractivity contribution in [3.05, 3.63) is 64.7 Å². The largest absolute Gasteiger partial charge is 0.462 e. The van der Waals surface area contributed by atoms with Crippen LogP contribution in [0.2, 0.25) is 5.02 Å². The standard InChI is InChI=1S/C20H20ClNO5S/c1-2-26-20(25)16-8-3-4-9-17(16)22-18(23)11-27-19(24)13-28-12-14-6-5-7-15(21)10-14/h3-10H,2,11-13H2,1H3,(H,22,23). The smallest absolute Gasteiger partial charge is 0.340 e. The van der Waals surface area contributed by atoms with Crippen LogP contribution in [0.4, 0.5) is 5.69 Å². The Morgan fingerprint density at radius 3 is 2.61 bits per heavy atom. The predicted molar refractivity (Wildman–Crippen MR) is 110 cm³/mol. The molecule has 2 aromatic rings. The third-order valence-corrected chi connectivity index (χ3v) is 4.65. The second-order valence-corrected chi connectivity index (χ2v) is 7.02. The highest BCUT2D eigenvalue weighted by Crippen LogP contribution is 2.17. The van der Waals surface area contributed by atoms with Crippen LogP contribution in [-0.2, 0) is 24.8 Å². The second-order valence-electron chi connectivity index (χ2n) is 5.60. The summed E-state index contributed by atoms with van der Waals surface area (Å²) in [4.78, 5) is 35.7. The van der Waals surface area contributed by atoms with Crippen LogP contribution in [0.15, 0.2) is 48.5 Å². The minimum absolute atomic E-state index is 0.110. The lowest BCUT2D eigenvalue weighted by atomic mass is 10.2. The highest BCUT2D eigenvalue weighted by atomic mass is 35.5. The molecule has 148 valence electrons. The number of carbonyl (C=O) groups excluding carboxylic acids is 3. The summed E-state index contributed by atoms with van der Waals surface area (Å²) in [6.07, 6.45) is 0. The first-order valence-corrected chi connectivity index (χ1v) is 10.1. The van der Waals surface area contributed by atoms with Crippen LogP contribution in [0.5, 0.6) is 0 Å². The van der Waals surface area contributed by atoms with E-state index in [1.54, 1.807) is 37.3 Å². The SMILES string of the molecule is CCOC(=O)c1ccccc1NC(=O)COC(=O)CSCc1cccc(Cl)c1. The molecule has 1 N–H and O–H groups in total. The minimum Gasteiger partial charge on any atom is -0.462 e. The van der Waals surface area contributed by atoms with Crippen LogP contribution in [0.3, 0.4) is 0 Å². The number of hydrogen-bond donors (Lipinski definition) is 1. The van der Waals surface area contributed by atoms with E-state index in [9.17, 15) is 14.4 Å². The number of ether oxygens (including phenoxy) is 2. The van der Waals surface area contributed by atoms with Crippen molar-refractivity contribution < 1.29 is 23.9 Å². The normalized spacial score (nSPS) is 10.2. The fraction of sp³-hybridized carbons (Fsp3) is 0.250. The number of carbonyl (C=O) groups is 3. The third kappa shape index (κ3) is 7.25. The number of rotatable bonds is 9. The molecular weight excluding hydrogens is 402 g/mol. The number of halogens is 1. The Labute approximate surface area is 172 Å². The van der Waals surface area contributed by atoms with Gasteiger partial charge in [0.1, 0.15) is 0 Å². The van der Waals surface area contributed by atoms with Gasteiger partial charge in [-0.1, -0.05) is 35.9 Å². The Morgan fingerprint density at radius 1 is 1.07 bits per heavy atom. The molecule has 0 radical (unpaired) electrons. The van der Waals surface area contributed by atoms with Gasteiger partial charge in [0.15, 0.2) is 6.61 Å². The second kappa shape index (κ2) is 11.4. The van der Waals surface area contributed by atoms with Gasteiger partial charge in [-0.25, -0.2) is 4.79 Å². The van der Waals surface area contributed by atoms with Crippen molar-refractivity contribution in [2.24, 2.45) is 0 Å². The number of anilines is 1. The molecule has 0 aliphatic heterocycles. The van der Waals surface area contributed by atoms with Crippen molar-refractivity contribution in [2.45, 2.75) is 12.7 Å². The highest BCUT2D eigenvalue weighted by molar-refractivity contribution is 7.99. The van der Waals surface area contributed by atoms with Crippen molar-refractivity contribution in [3.8, 4) is 0 Å². The van der Waals surface area contributed by atoms with E-state index in [2.05, 4.69) is 5.32 Å². The first-order chi connectivity index (χ1) is 13.5. The molecule has 0 bridgehead atoms. The Bertz CT molecular complexity index is 843. The Balaban J connectivity index is 1.76. The molecule has 0 saturated carbocycles. The quantitative estimate of drug-likeness (QED) is 0.618. The average molecular weight is 422 g/mol. The number of nitrogens with one attached hydrogen (secondary N) is 1. The van der Waals surface area contributed by atoms with Gasteiger partial charge in [-0.05, 0) is 36.8 Å². The van der Waals surface area contributed by atoms with Gasteiger partial charge in [-0.3, -0.25) is 9.59 Å². The van der Waals surface area contributed by atoms with Gasteiger partial charge in [-0.2, -0.15) is 0 Å². The molecule has 0 spiro atoms. The van der Waals surface area contributed by atoms with Crippen molar-refractivity contribution in [3.63, 3.8) is 0 Å². The zero-order valence-electron chi connectivity index (χ0n) is 15.3. The Hall–Kier alpha value is -2.51. The molecule has 6 nitrogen and oxygen atoms in total. The molecule has 0 atom stereocenters. The maximum Gasteiger partial charge on any atom is 0.340 e. The molecule has 0 aromatic heterocycles. The maximum absolute atomic E-state index is 12.0. The van der Waals surface area contributed by atoms with E-state index in [0.29, 0.717) is 16.5 Å². The van der Waals surface area contributed by atoms with Gasteiger partial charge < -0.3 is 14.8 Å². The summed E-state index contributed by atoms with van der Waals surface area (Å²) in [5, 5.41) is 3.19. The molecule has 0 aliphatic rings. The summed E-state index contributed by atoms with van der Waals surface area (Å²) in [6.45, 7) is 1.49. The highest BCUT2D eigenvalue weighted by Gasteiger charge is 2.15. The number of benzene rings is 2.